The van der Waals surface area contributed by atoms with Crippen molar-refractivity contribution >= 4 is 0 Å². The Morgan fingerprint density at radius 3 is 2.65 bits per heavy atom. The Balaban J connectivity index is 2.47. The van der Waals surface area contributed by atoms with Crippen molar-refractivity contribution in [1.82, 2.24) is 5.32 Å². The molecule has 0 heterocycles. The molecule has 1 N–H and O–H groups in total. The third-order valence-corrected chi connectivity index (χ3v) is 3.07. The minimum Gasteiger partial charge on any atom is -0.379 e. The van der Waals surface area contributed by atoms with Crippen LogP contribution in [0.4, 0.5) is 0 Å². The van der Waals surface area contributed by atoms with E-state index in [2.05, 4.69) is 50.4 Å². The number of nitrogens with one attached hydrogen (secondary N) is 1. The normalized spacial score (nSPS) is 12.6. The first-order valence-corrected chi connectivity index (χ1v) is 7.74. The molecule has 1 aromatic rings. The van der Waals surface area contributed by atoms with E-state index < -0.39 is 0 Å². The van der Waals surface area contributed by atoms with Gasteiger partial charge in [-0.25, -0.2) is 0 Å². The maximum absolute atomic E-state index is 5.99. The van der Waals surface area contributed by atoms with E-state index in [4.69, 9.17) is 9.47 Å². The second-order valence-corrected chi connectivity index (χ2v) is 5.09. The first-order valence-electron chi connectivity index (χ1n) is 7.74. The molecular formula is C17H29NO2. The summed E-state index contributed by atoms with van der Waals surface area (Å²) in [6, 6.07) is 8.54. The number of ether oxygens (including phenoxy) is 2. The monoisotopic (exact) mass is 279 g/mol. The standard InChI is InChI=1S/C17H29NO2/c1-4-9-18-14-17(20-12-11-19-10-5-2)16-8-6-7-15(3)13-16/h6-8,13,17-18H,4-5,9-12,14H2,1-3H3. The zero-order valence-corrected chi connectivity index (χ0v) is 13.2. The van der Waals surface area contributed by atoms with Gasteiger partial charge in [-0.3, -0.25) is 0 Å². The third-order valence-electron chi connectivity index (χ3n) is 3.07. The summed E-state index contributed by atoms with van der Waals surface area (Å²) in [4.78, 5) is 0. The van der Waals surface area contributed by atoms with Crippen LogP contribution in [-0.2, 0) is 9.47 Å². The predicted molar refractivity (Wildman–Crippen MR) is 84.1 cm³/mol. The fraction of sp³-hybridized carbons (Fsp3) is 0.647. The molecular weight excluding hydrogens is 250 g/mol. The molecule has 3 nitrogen and oxygen atoms in total. The van der Waals surface area contributed by atoms with Crippen LogP contribution in [0, 0.1) is 6.92 Å². The van der Waals surface area contributed by atoms with E-state index in [0.717, 1.165) is 32.5 Å². The van der Waals surface area contributed by atoms with Crippen molar-refractivity contribution in [1.29, 1.82) is 0 Å². The smallest absolute Gasteiger partial charge is 0.0950 e. The summed E-state index contributed by atoms with van der Waals surface area (Å²) in [7, 11) is 0. The highest BCUT2D eigenvalue weighted by Gasteiger charge is 2.11. The van der Waals surface area contributed by atoms with Crippen molar-refractivity contribution in [3.63, 3.8) is 0 Å². The average Bonchev–Trinajstić information content (AvgIpc) is 2.45. The Hall–Kier alpha value is -0.900. The molecule has 1 unspecified atom stereocenters. The fourth-order valence-electron chi connectivity index (χ4n) is 2.05. The van der Waals surface area contributed by atoms with Crippen LogP contribution in [0.15, 0.2) is 24.3 Å². The molecule has 0 fully saturated rings. The Labute approximate surface area is 123 Å². The Morgan fingerprint density at radius 2 is 1.95 bits per heavy atom. The summed E-state index contributed by atoms with van der Waals surface area (Å²) in [6.45, 7) is 10.4. The number of benzene rings is 1. The van der Waals surface area contributed by atoms with E-state index in [1.165, 1.54) is 11.1 Å². The molecule has 3 heteroatoms. The van der Waals surface area contributed by atoms with E-state index in [1.807, 2.05) is 0 Å². The zero-order chi connectivity index (χ0) is 14.6. The molecule has 0 radical (unpaired) electrons. The highest BCUT2D eigenvalue weighted by molar-refractivity contribution is 5.24. The quantitative estimate of drug-likeness (QED) is 0.629. The van der Waals surface area contributed by atoms with E-state index in [-0.39, 0.29) is 6.10 Å². The summed E-state index contributed by atoms with van der Waals surface area (Å²) in [5.74, 6) is 0. The number of hydrogen-bond donors (Lipinski definition) is 1. The van der Waals surface area contributed by atoms with Gasteiger partial charge in [-0.05, 0) is 31.9 Å². The summed E-state index contributed by atoms with van der Waals surface area (Å²) < 4.78 is 11.5. The lowest BCUT2D eigenvalue weighted by atomic mass is 10.1. The summed E-state index contributed by atoms with van der Waals surface area (Å²) in [5.41, 5.74) is 2.51. The maximum Gasteiger partial charge on any atom is 0.0950 e. The van der Waals surface area contributed by atoms with Crippen molar-refractivity contribution in [3.8, 4) is 0 Å². The van der Waals surface area contributed by atoms with Crippen molar-refractivity contribution in [2.75, 3.05) is 32.9 Å². The fourth-order valence-corrected chi connectivity index (χ4v) is 2.05. The lowest BCUT2D eigenvalue weighted by Gasteiger charge is -2.19. The van der Waals surface area contributed by atoms with Crippen LogP contribution in [0.25, 0.3) is 0 Å². The van der Waals surface area contributed by atoms with Crippen LogP contribution in [0.5, 0.6) is 0 Å². The molecule has 1 atom stereocenters. The minimum atomic E-state index is 0.103. The largest absolute Gasteiger partial charge is 0.379 e. The molecule has 0 saturated carbocycles. The molecule has 0 aliphatic rings. The topological polar surface area (TPSA) is 30.5 Å². The summed E-state index contributed by atoms with van der Waals surface area (Å²) in [6.07, 6.45) is 2.30. The van der Waals surface area contributed by atoms with Gasteiger partial charge in [-0.15, -0.1) is 0 Å². The molecule has 0 amide bonds. The van der Waals surface area contributed by atoms with Gasteiger partial charge in [0, 0.05) is 13.2 Å². The lowest BCUT2D eigenvalue weighted by Crippen LogP contribution is -2.25. The first-order chi connectivity index (χ1) is 9.77. The second kappa shape index (κ2) is 10.8. The molecule has 0 aromatic heterocycles. The van der Waals surface area contributed by atoms with Crippen LogP contribution in [0.1, 0.15) is 43.9 Å². The molecule has 20 heavy (non-hydrogen) atoms. The second-order valence-electron chi connectivity index (χ2n) is 5.09. The van der Waals surface area contributed by atoms with Gasteiger partial charge in [0.1, 0.15) is 0 Å². The molecule has 0 bridgehead atoms. The van der Waals surface area contributed by atoms with Gasteiger partial charge in [0.25, 0.3) is 0 Å². The minimum absolute atomic E-state index is 0.103. The van der Waals surface area contributed by atoms with E-state index in [9.17, 15) is 0 Å². The third kappa shape index (κ3) is 7.04. The van der Waals surface area contributed by atoms with Gasteiger partial charge >= 0.3 is 0 Å². The summed E-state index contributed by atoms with van der Waals surface area (Å²) in [5, 5.41) is 3.44. The zero-order valence-electron chi connectivity index (χ0n) is 13.2. The van der Waals surface area contributed by atoms with Crippen LogP contribution in [0.2, 0.25) is 0 Å². The van der Waals surface area contributed by atoms with Crippen LogP contribution >= 0.6 is 0 Å². The molecule has 114 valence electrons. The predicted octanol–water partition coefficient (Wildman–Crippen LogP) is 3.48. The number of aryl methyl sites for hydroxylation is 1. The van der Waals surface area contributed by atoms with Crippen LogP contribution in [0.3, 0.4) is 0 Å². The van der Waals surface area contributed by atoms with Crippen LogP contribution in [-0.4, -0.2) is 32.9 Å². The van der Waals surface area contributed by atoms with Gasteiger partial charge in [0.2, 0.25) is 0 Å². The lowest BCUT2D eigenvalue weighted by molar-refractivity contribution is 0.00431. The highest BCUT2D eigenvalue weighted by atomic mass is 16.5. The maximum atomic E-state index is 5.99. The molecule has 0 saturated heterocycles. The number of hydrogen-bond acceptors (Lipinski definition) is 3. The van der Waals surface area contributed by atoms with E-state index >= 15 is 0 Å². The first kappa shape index (κ1) is 17.2. The Bertz CT molecular complexity index is 355. The molecule has 0 spiro atoms. The molecule has 0 aliphatic heterocycles. The van der Waals surface area contributed by atoms with Crippen molar-refractivity contribution in [3.05, 3.63) is 35.4 Å². The Morgan fingerprint density at radius 1 is 1.10 bits per heavy atom. The average molecular weight is 279 g/mol. The van der Waals surface area contributed by atoms with Crippen molar-refractivity contribution in [2.45, 2.75) is 39.7 Å². The molecule has 0 aliphatic carbocycles. The molecule has 1 rings (SSSR count). The van der Waals surface area contributed by atoms with Gasteiger partial charge in [-0.2, -0.15) is 0 Å². The van der Waals surface area contributed by atoms with Crippen LogP contribution < -0.4 is 5.32 Å². The summed E-state index contributed by atoms with van der Waals surface area (Å²) >= 11 is 0. The Kier molecular flexibility index (Phi) is 9.29. The van der Waals surface area contributed by atoms with Crippen molar-refractivity contribution in [2.24, 2.45) is 0 Å². The van der Waals surface area contributed by atoms with Gasteiger partial charge in [-0.1, -0.05) is 43.7 Å². The van der Waals surface area contributed by atoms with Gasteiger partial charge in [0.15, 0.2) is 0 Å². The number of rotatable bonds is 11. The van der Waals surface area contributed by atoms with E-state index in [0.29, 0.717) is 13.2 Å². The van der Waals surface area contributed by atoms with Gasteiger partial charge < -0.3 is 14.8 Å². The van der Waals surface area contributed by atoms with E-state index in [1.54, 1.807) is 0 Å². The highest BCUT2D eigenvalue weighted by Crippen LogP contribution is 2.17. The van der Waals surface area contributed by atoms with Crippen molar-refractivity contribution < 1.29 is 9.47 Å². The SMILES string of the molecule is CCCNCC(OCCOCCC)c1cccc(C)c1. The van der Waals surface area contributed by atoms with Gasteiger partial charge in [0.05, 0.1) is 19.3 Å². The molecule has 1 aromatic carbocycles.